The van der Waals surface area contributed by atoms with Crippen LogP contribution in [0, 0.1) is 3.57 Å². The zero-order valence-corrected chi connectivity index (χ0v) is 11.8. The number of halogens is 2. The van der Waals surface area contributed by atoms with Crippen molar-refractivity contribution in [3.8, 4) is 11.6 Å². The molecule has 0 aliphatic rings. The third kappa shape index (κ3) is 3.33. The van der Waals surface area contributed by atoms with Crippen molar-refractivity contribution in [3.63, 3.8) is 0 Å². The molecule has 0 atom stereocenters. The molecule has 1 heterocycles. The van der Waals surface area contributed by atoms with Crippen molar-refractivity contribution < 1.29 is 14.6 Å². The molecule has 1 aromatic carbocycles. The lowest BCUT2D eigenvalue weighted by Crippen LogP contribution is -1.98. The number of benzene rings is 1. The Morgan fingerprint density at radius 2 is 1.94 bits per heavy atom. The Kier molecular flexibility index (Phi) is 4.03. The Morgan fingerprint density at radius 3 is 2.56 bits per heavy atom. The highest BCUT2D eigenvalue weighted by atomic mass is 127. The predicted octanol–water partition coefficient (Wildman–Crippen LogP) is 3.83. The first kappa shape index (κ1) is 13.1. The van der Waals surface area contributed by atoms with E-state index in [1.807, 2.05) is 12.1 Å². The van der Waals surface area contributed by atoms with E-state index in [0.717, 1.165) is 3.57 Å². The SMILES string of the molecule is O=C(O)c1cc(Cl)nc(Oc2ccc(I)cc2)c1. The molecule has 0 unspecified atom stereocenters. The van der Waals surface area contributed by atoms with Gasteiger partial charge in [-0.25, -0.2) is 9.78 Å². The summed E-state index contributed by atoms with van der Waals surface area (Å²) in [6.07, 6.45) is 0. The molecule has 0 fully saturated rings. The molecule has 4 nitrogen and oxygen atoms in total. The van der Waals surface area contributed by atoms with Crippen LogP contribution in [0.25, 0.3) is 0 Å². The fourth-order valence-electron chi connectivity index (χ4n) is 1.27. The lowest BCUT2D eigenvalue weighted by Gasteiger charge is -2.06. The van der Waals surface area contributed by atoms with Crippen molar-refractivity contribution in [3.05, 3.63) is 50.7 Å². The predicted molar refractivity (Wildman–Crippen MR) is 75.4 cm³/mol. The lowest BCUT2D eigenvalue weighted by atomic mass is 10.3. The minimum absolute atomic E-state index is 0.0375. The molecule has 2 aromatic rings. The normalized spacial score (nSPS) is 10.1. The summed E-state index contributed by atoms with van der Waals surface area (Å²) in [6, 6.07) is 9.88. The molecule has 0 saturated heterocycles. The molecule has 2 rings (SSSR count). The Hall–Kier alpha value is -1.34. The number of hydrogen-bond acceptors (Lipinski definition) is 3. The number of pyridine rings is 1. The number of aromatic nitrogens is 1. The summed E-state index contributed by atoms with van der Waals surface area (Å²) in [5.41, 5.74) is 0.0375. The van der Waals surface area contributed by atoms with Gasteiger partial charge in [-0.2, -0.15) is 0 Å². The number of hydrogen-bond donors (Lipinski definition) is 1. The maximum Gasteiger partial charge on any atom is 0.335 e. The molecule has 0 saturated carbocycles. The monoisotopic (exact) mass is 375 g/mol. The van der Waals surface area contributed by atoms with Crippen molar-refractivity contribution in [2.24, 2.45) is 0 Å². The van der Waals surface area contributed by atoms with E-state index in [-0.39, 0.29) is 16.6 Å². The molecule has 0 amide bonds. The largest absolute Gasteiger partial charge is 0.478 e. The van der Waals surface area contributed by atoms with Gasteiger partial charge in [0.25, 0.3) is 0 Å². The first-order valence-electron chi connectivity index (χ1n) is 4.89. The highest BCUT2D eigenvalue weighted by Crippen LogP contribution is 2.23. The number of rotatable bonds is 3. The van der Waals surface area contributed by atoms with Crippen LogP contribution in [-0.4, -0.2) is 16.1 Å². The van der Waals surface area contributed by atoms with Crippen LogP contribution >= 0.6 is 34.2 Å². The van der Waals surface area contributed by atoms with Crippen LogP contribution in [-0.2, 0) is 0 Å². The van der Waals surface area contributed by atoms with Crippen molar-refractivity contribution in [2.75, 3.05) is 0 Å². The topological polar surface area (TPSA) is 59.4 Å². The third-order valence-corrected chi connectivity index (χ3v) is 2.97. The van der Waals surface area contributed by atoms with Crippen LogP contribution in [0.5, 0.6) is 11.6 Å². The summed E-state index contributed by atoms with van der Waals surface area (Å²) in [6.45, 7) is 0. The van der Waals surface area contributed by atoms with E-state index in [9.17, 15) is 4.79 Å². The van der Waals surface area contributed by atoms with Crippen LogP contribution in [0.1, 0.15) is 10.4 Å². The van der Waals surface area contributed by atoms with Crippen LogP contribution in [0.2, 0.25) is 5.15 Å². The minimum atomic E-state index is -1.08. The van der Waals surface area contributed by atoms with Gasteiger partial charge in [-0.1, -0.05) is 11.6 Å². The highest BCUT2D eigenvalue weighted by Gasteiger charge is 2.09. The van der Waals surface area contributed by atoms with E-state index in [1.165, 1.54) is 12.1 Å². The van der Waals surface area contributed by atoms with Gasteiger partial charge in [0.1, 0.15) is 10.9 Å². The van der Waals surface area contributed by atoms with Gasteiger partial charge in [-0.3, -0.25) is 0 Å². The molecule has 0 aliphatic heterocycles. The first-order chi connectivity index (χ1) is 8.54. The molecule has 0 spiro atoms. The average molecular weight is 376 g/mol. The van der Waals surface area contributed by atoms with E-state index in [0.29, 0.717) is 5.75 Å². The smallest absolute Gasteiger partial charge is 0.335 e. The van der Waals surface area contributed by atoms with Gasteiger partial charge in [0.2, 0.25) is 5.88 Å². The van der Waals surface area contributed by atoms with Gasteiger partial charge in [0.15, 0.2) is 0 Å². The molecule has 1 N–H and O–H groups in total. The Balaban J connectivity index is 2.28. The standard InChI is InChI=1S/C12H7ClINO3/c13-10-5-7(12(16)17)6-11(15-10)18-9-3-1-8(14)2-4-9/h1-6H,(H,16,17). The zero-order valence-electron chi connectivity index (χ0n) is 8.93. The number of carboxylic acids is 1. The molecule has 0 radical (unpaired) electrons. The molecular formula is C12H7ClINO3. The summed E-state index contributed by atoms with van der Waals surface area (Å²) in [5, 5.41) is 8.97. The van der Waals surface area contributed by atoms with E-state index >= 15 is 0 Å². The summed E-state index contributed by atoms with van der Waals surface area (Å²) in [7, 11) is 0. The Morgan fingerprint density at radius 1 is 1.28 bits per heavy atom. The second kappa shape index (κ2) is 5.53. The van der Waals surface area contributed by atoms with Crippen LogP contribution < -0.4 is 4.74 Å². The number of ether oxygens (including phenoxy) is 1. The number of aromatic carboxylic acids is 1. The van der Waals surface area contributed by atoms with Crippen LogP contribution in [0.4, 0.5) is 0 Å². The van der Waals surface area contributed by atoms with Crippen LogP contribution in [0.15, 0.2) is 36.4 Å². The summed E-state index contributed by atoms with van der Waals surface area (Å²) < 4.78 is 6.52. The summed E-state index contributed by atoms with van der Waals surface area (Å²) in [4.78, 5) is 14.8. The van der Waals surface area contributed by atoms with Crippen molar-refractivity contribution in [2.45, 2.75) is 0 Å². The van der Waals surface area contributed by atoms with Gasteiger partial charge < -0.3 is 9.84 Å². The molecule has 0 aliphatic carbocycles. The van der Waals surface area contributed by atoms with Crippen molar-refractivity contribution in [1.82, 2.24) is 4.98 Å². The number of nitrogens with zero attached hydrogens (tertiary/aromatic N) is 1. The molecule has 1 aromatic heterocycles. The van der Waals surface area contributed by atoms with Crippen molar-refractivity contribution in [1.29, 1.82) is 0 Å². The second-order valence-electron chi connectivity index (χ2n) is 3.38. The van der Waals surface area contributed by atoms with E-state index in [1.54, 1.807) is 12.1 Å². The lowest BCUT2D eigenvalue weighted by molar-refractivity contribution is 0.0696. The quantitative estimate of drug-likeness (QED) is 0.654. The maximum atomic E-state index is 10.9. The van der Waals surface area contributed by atoms with Gasteiger partial charge in [0.05, 0.1) is 5.56 Å². The van der Waals surface area contributed by atoms with Gasteiger partial charge in [0, 0.05) is 9.64 Å². The van der Waals surface area contributed by atoms with Gasteiger partial charge >= 0.3 is 5.97 Å². The highest BCUT2D eigenvalue weighted by molar-refractivity contribution is 14.1. The van der Waals surface area contributed by atoms with Gasteiger partial charge in [-0.15, -0.1) is 0 Å². The second-order valence-corrected chi connectivity index (χ2v) is 5.01. The summed E-state index contributed by atoms with van der Waals surface area (Å²) >= 11 is 7.91. The average Bonchev–Trinajstić information content (AvgIpc) is 2.31. The first-order valence-corrected chi connectivity index (χ1v) is 6.34. The molecule has 92 valence electrons. The minimum Gasteiger partial charge on any atom is -0.478 e. The van der Waals surface area contributed by atoms with Crippen molar-refractivity contribution >= 4 is 40.2 Å². The number of carboxylic acid groups (broad SMARTS) is 1. The maximum absolute atomic E-state index is 10.9. The van der Waals surface area contributed by atoms with Gasteiger partial charge in [-0.05, 0) is 52.9 Å². The molecule has 0 bridgehead atoms. The molecule has 18 heavy (non-hydrogen) atoms. The molecular weight excluding hydrogens is 368 g/mol. The van der Waals surface area contributed by atoms with Crippen LogP contribution in [0.3, 0.4) is 0 Å². The Labute approximate surface area is 122 Å². The summed E-state index contributed by atoms with van der Waals surface area (Å²) in [5.74, 6) is -0.352. The Bertz CT molecular complexity index is 586. The van der Waals surface area contributed by atoms with E-state index < -0.39 is 5.97 Å². The molecule has 6 heteroatoms. The third-order valence-electron chi connectivity index (χ3n) is 2.05. The zero-order chi connectivity index (χ0) is 13.1. The fourth-order valence-corrected chi connectivity index (χ4v) is 1.83. The number of carbonyl (C=O) groups is 1. The van der Waals surface area contributed by atoms with E-state index in [2.05, 4.69) is 27.6 Å². The van der Waals surface area contributed by atoms with E-state index in [4.69, 9.17) is 21.4 Å². The fraction of sp³-hybridized carbons (Fsp3) is 0.